The first-order chi connectivity index (χ1) is 24.3. The van der Waals surface area contributed by atoms with Crippen molar-refractivity contribution in [2.24, 2.45) is 11.8 Å². The van der Waals surface area contributed by atoms with Crippen LogP contribution < -0.4 is 9.80 Å². The highest BCUT2D eigenvalue weighted by Gasteiger charge is 2.23. The molecule has 0 bridgehead atoms. The number of ether oxygens (including phenoxy) is 3. The minimum absolute atomic E-state index is 0.0146. The van der Waals surface area contributed by atoms with Crippen molar-refractivity contribution in [3.63, 3.8) is 0 Å². The predicted molar refractivity (Wildman–Crippen MR) is 205 cm³/mol. The number of cyclic esters (lactones) is 1. The molecule has 7 heteroatoms. The molecule has 271 valence electrons. The first-order valence-corrected chi connectivity index (χ1v) is 18.9. The minimum atomic E-state index is -0.730. The Morgan fingerprint density at radius 2 is 1.28 bits per heavy atom. The van der Waals surface area contributed by atoms with Crippen LogP contribution in [0, 0.1) is 18.3 Å². The number of rotatable bonds is 10. The number of esters is 1. The Labute approximate surface area is 301 Å². The van der Waals surface area contributed by atoms with Gasteiger partial charge in [-0.2, -0.15) is 0 Å². The van der Waals surface area contributed by atoms with E-state index in [0.29, 0.717) is 18.5 Å². The van der Waals surface area contributed by atoms with Crippen molar-refractivity contribution in [3.05, 3.63) is 89.4 Å². The number of hydrogen-bond donors (Lipinski definition) is 1. The van der Waals surface area contributed by atoms with E-state index in [-0.39, 0.29) is 30.8 Å². The molecule has 7 nitrogen and oxygen atoms in total. The lowest BCUT2D eigenvalue weighted by Gasteiger charge is -2.33. The minimum Gasteiger partial charge on any atom is -0.465 e. The fourth-order valence-corrected chi connectivity index (χ4v) is 7.54. The Balaban J connectivity index is 1.36. The second-order valence-corrected chi connectivity index (χ2v) is 14.2. The van der Waals surface area contributed by atoms with Crippen LogP contribution in [0.5, 0.6) is 0 Å². The molecule has 2 fully saturated rings. The summed E-state index contributed by atoms with van der Waals surface area (Å²) in [5.74, 6) is -0.268. The quantitative estimate of drug-likeness (QED) is 0.253. The highest BCUT2D eigenvalue weighted by molar-refractivity contribution is 5.70. The lowest BCUT2D eigenvalue weighted by molar-refractivity contribution is -0.146. The Morgan fingerprint density at radius 3 is 1.80 bits per heavy atom. The number of aliphatic hydroxyl groups is 1. The Bertz CT molecular complexity index is 1450. The molecule has 3 unspecified atom stereocenters. The molecule has 3 atom stereocenters. The van der Waals surface area contributed by atoms with Crippen molar-refractivity contribution < 1.29 is 24.1 Å². The number of allylic oxidation sites excluding steroid dienone is 2. The molecule has 0 aromatic heterocycles. The number of hydrogen-bond acceptors (Lipinski definition) is 7. The van der Waals surface area contributed by atoms with Crippen molar-refractivity contribution in [3.8, 4) is 0 Å². The van der Waals surface area contributed by atoms with Crippen LogP contribution in [0.15, 0.2) is 71.8 Å². The van der Waals surface area contributed by atoms with Gasteiger partial charge in [-0.05, 0) is 99.1 Å². The normalized spacial score (nSPS) is 23.9. The lowest BCUT2D eigenvalue weighted by atomic mass is 9.85. The fourth-order valence-electron chi connectivity index (χ4n) is 7.54. The molecule has 0 amide bonds. The van der Waals surface area contributed by atoms with E-state index >= 15 is 0 Å². The van der Waals surface area contributed by atoms with Gasteiger partial charge in [-0.3, -0.25) is 4.79 Å². The molecule has 5 rings (SSSR count). The molecule has 50 heavy (non-hydrogen) atoms. The van der Waals surface area contributed by atoms with Gasteiger partial charge in [0.15, 0.2) is 0 Å². The van der Waals surface area contributed by atoms with Crippen LogP contribution in [0.1, 0.15) is 82.8 Å². The number of anilines is 2. The van der Waals surface area contributed by atoms with Crippen LogP contribution in [-0.4, -0.2) is 76.4 Å². The lowest BCUT2D eigenvalue weighted by Crippen LogP contribution is -2.36. The number of benzene rings is 2. The zero-order valence-electron chi connectivity index (χ0n) is 30.8. The van der Waals surface area contributed by atoms with Gasteiger partial charge in [-0.25, -0.2) is 0 Å². The summed E-state index contributed by atoms with van der Waals surface area (Å²) in [7, 11) is 4.37. The zero-order valence-corrected chi connectivity index (χ0v) is 30.8. The topological polar surface area (TPSA) is 71.5 Å². The molecule has 0 aliphatic carbocycles. The summed E-state index contributed by atoms with van der Waals surface area (Å²) in [6.45, 7) is 7.90. The summed E-state index contributed by atoms with van der Waals surface area (Å²) in [6.07, 6.45) is 17.7. The first-order valence-electron chi connectivity index (χ1n) is 18.9. The van der Waals surface area contributed by atoms with Gasteiger partial charge in [0.05, 0.1) is 12.5 Å². The summed E-state index contributed by atoms with van der Waals surface area (Å²) in [4.78, 5) is 17.6. The SMILES string of the molecule is CC/C(=C\c1cccc(N(C)C2CCOCC2)c1)C1[CH]C=CC(/C(=C/c2cccc(N(C)C3CCOCC3)c2)CC)COC(=O)CC(O)CC1. The van der Waals surface area contributed by atoms with Gasteiger partial charge in [0, 0.05) is 69.9 Å². The van der Waals surface area contributed by atoms with E-state index in [4.69, 9.17) is 14.2 Å². The zero-order chi connectivity index (χ0) is 35.3. The van der Waals surface area contributed by atoms with Gasteiger partial charge in [0.25, 0.3) is 0 Å². The summed E-state index contributed by atoms with van der Waals surface area (Å²) in [5.41, 5.74) is 7.28. The summed E-state index contributed by atoms with van der Waals surface area (Å²) < 4.78 is 16.9. The van der Waals surface area contributed by atoms with Crippen molar-refractivity contribution in [1.82, 2.24) is 0 Å². The van der Waals surface area contributed by atoms with Crippen LogP contribution in [0.4, 0.5) is 11.4 Å². The summed E-state index contributed by atoms with van der Waals surface area (Å²) in [5, 5.41) is 10.8. The number of aliphatic hydroxyl groups excluding tert-OH is 1. The predicted octanol–water partition coefficient (Wildman–Crippen LogP) is 8.28. The van der Waals surface area contributed by atoms with Crippen LogP contribution in [-0.2, 0) is 19.0 Å². The van der Waals surface area contributed by atoms with Gasteiger partial charge in [0.1, 0.15) is 6.61 Å². The summed E-state index contributed by atoms with van der Waals surface area (Å²) >= 11 is 0. The molecule has 2 aromatic rings. The van der Waals surface area contributed by atoms with E-state index in [2.05, 4.69) is 117 Å². The third kappa shape index (κ3) is 10.8. The molecule has 3 heterocycles. The molecule has 1 N–H and O–H groups in total. The maximum atomic E-state index is 12.8. The van der Waals surface area contributed by atoms with Gasteiger partial charge < -0.3 is 29.1 Å². The summed E-state index contributed by atoms with van der Waals surface area (Å²) in [6, 6.07) is 18.5. The molecule has 3 aliphatic rings. The maximum absolute atomic E-state index is 12.8. The van der Waals surface area contributed by atoms with Crippen LogP contribution in [0.2, 0.25) is 0 Å². The molecule has 2 aromatic carbocycles. The molecule has 0 saturated carbocycles. The first kappa shape index (κ1) is 37.9. The smallest absolute Gasteiger partial charge is 0.308 e. The third-order valence-electron chi connectivity index (χ3n) is 10.8. The highest BCUT2D eigenvalue weighted by atomic mass is 16.5. The van der Waals surface area contributed by atoms with Crippen LogP contribution in [0.3, 0.4) is 0 Å². The molecule has 3 aliphatic heterocycles. The second kappa shape index (κ2) is 19.3. The van der Waals surface area contributed by atoms with Crippen LogP contribution in [0.25, 0.3) is 12.2 Å². The largest absolute Gasteiger partial charge is 0.465 e. The molecular weight excluding hydrogens is 624 g/mol. The fraction of sp³-hybridized carbons (Fsp3) is 0.535. The molecular formula is C43H59N2O5. The van der Waals surface area contributed by atoms with E-state index in [1.807, 2.05) is 0 Å². The van der Waals surface area contributed by atoms with Crippen LogP contribution >= 0.6 is 0 Å². The van der Waals surface area contributed by atoms with Crippen molar-refractivity contribution in [2.45, 2.75) is 89.8 Å². The van der Waals surface area contributed by atoms with Crippen molar-refractivity contribution >= 4 is 29.5 Å². The number of carbonyl (C=O) groups excluding carboxylic acids is 1. The highest BCUT2D eigenvalue weighted by Crippen LogP contribution is 2.31. The van der Waals surface area contributed by atoms with Crippen molar-refractivity contribution in [1.29, 1.82) is 0 Å². The van der Waals surface area contributed by atoms with Gasteiger partial charge >= 0.3 is 5.97 Å². The Hall–Kier alpha value is -3.39. The van der Waals surface area contributed by atoms with E-state index in [0.717, 1.165) is 76.9 Å². The van der Waals surface area contributed by atoms with Crippen molar-refractivity contribution in [2.75, 3.05) is 56.9 Å². The van der Waals surface area contributed by atoms with E-state index in [1.165, 1.54) is 28.1 Å². The number of carbonyl (C=O) groups is 1. The van der Waals surface area contributed by atoms with E-state index < -0.39 is 6.10 Å². The second-order valence-electron chi connectivity index (χ2n) is 14.2. The van der Waals surface area contributed by atoms with E-state index in [1.54, 1.807) is 0 Å². The monoisotopic (exact) mass is 683 g/mol. The standard InChI is InChI=1S/C43H59N2O5/c1-5-34(26-32-10-7-14-40(28-32)44(3)38-18-22-48-23-19-38)36-12-9-13-37(31-50-43(47)30-42(46)17-16-36)35(6-2)27-33-11-8-15-41(29-33)45(4)39-20-24-49-25-21-39/h7-15,26-29,36-39,42,46H,5-6,16-25,30-31H2,1-4H3/b13-9?,34-26+,35-27+. The average molecular weight is 684 g/mol. The Morgan fingerprint density at radius 1 is 0.760 bits per heavy atom. The average Bonchev–Trinajstić information content (AvgIpc) is 3.15. The van der Waals surface area contributed by atoms with Gasteiger partial charge in [0.2, 0.25) is 0 Å². The maximum Gasteiger partial charge on any atom is 0.308 e. The van der Waals surface area contributed by atoms with Gasteiger partial charge in [-0.15, -0.1) is 0 Å². The molecule has 2 saturated heterocycles. The van der Waals surface area contributed by atoms with E-state index in [9.17, 15) is 9.90 Å². The Kier molecular flexibility index (Phi) is 14.6. The molecule has 0 spiro atoms. The molecule has 1 radical (unpaired) electrons. The number of nitrogens with zero attached hydrogens (tertiary/aromatic N) is 2. The van der Waals surface area contributed by atoms with Gasteiger partial charge in [-0.1, -0.05) is 73.6 Å². The third-order valence-corrected chi connectivity index (χ3v) is 10.8.